The molecule has 1 aromatic rings. The summed E-state index contributed by atoms with van der Waals surface area (Å²) < 4.78 is 37.5. The predicted octanol–water partition coefficient (Wildman–Crippen LogP) is 4.61. The highest BCUT2D eigenvalue weighted by atomic mass is 19.4. The lowest BCUT2D eigenvalue weighted by Gasteiger charge is -2.19. The number of benzene rings is 1. The van der Waals surface area contributed by atoms with Crippen LogP contribution >= 0.6 is 0 Å². The molecule has 2 fully saturated rings. The molecule has 2 atom stereocenters. The van der Waals surface area contributed by atoms with E-state index in [1.165, 1.54) is 24.5 Å². The first-order valence-corrected chi connectivity index (χ1v) is 6.20. The average molecular weight is 251 g/mol. The van der Waals surface area contributed by atoms with Gasteiger partial charge in [-0.3, -0.25) is 0 Å². The maximum Gasteiger partial charge on any atom is 0.418 e. The van der Waals surface area contributed by atoms with Crippen LogP contribution in [0.1, 0.15) is 30.4 Å². The number of hydrogen-bond acceptors (Lipinski definition) is 0. The largest absolute Gasteiger partial charge is 0.418 e. The van der Waals surface area contributed by atoms with Crippen molar-refractivity contribution in [2.75, 3.05) is 0 Å². The highest BCUT2D eigenvalue weighted by Crippen LogP contribution is 2.55. The van der Waals surface area contributed by atoms with Gasteiger partial charge in [0.1, 0.15) is 0 Å². The summed E-state index contributed by atoms with van der Waals surface area (Å²) in [5, 5.41) is 0. The lowest BCUT2D eigenvalue weighted by molar-refractivity contribution is -0.137. The Morgan fingerprint density at radius 3 is 2.28 bits per heavy atom. The Hall–Kier alpha value is -1.38. The molecule has 3 rings (SSSR count). The molecule has 18 heavy (non-hydrogen) atoms. The number of halogens is 3. The van der Waals surface area contributed by atoms with Gasteiger partial charge in [0.05, 0.1) is 17.0 Å². The summed E-state index contributed by atoms with van der Waals surface area (Å²) in [7, 11) is 0. The molecule has 0 spiro atoms. The maximum atomic E-state index is 12.5. The van der Waals surface area contributed by atoms with Crippen molar-refractivity contribution in [1.82, 2.24) is 0 Å². The second-order valence-electron chi connectivity index (χ2n) is 5.22. The highest BCUT2D eigenvalue weighted by Gasteiger charge is 2.47. The fourth-order valence-corrected chi connectivity index (χ4v) is 3.30. The molecule has 3 heteroatoms. The molecule has 94 valence electrons. The third-order valence-electron chi connectivity index (χ3n) is 4.20. The Labute approximate surface area is 105 Å². The molecule has 0 aliphatic heterocycles. The van der Waals surface area contributed by atoms with Crippen molar-refractivity contribution in [3.63, 3.8) is 0 Å². The van der Waals surface area contributed by atoms with Crippen molar-refractivity contribution in [3.8, 4) is 0 Å². The van der Waals surface area contributed by atoms with Crippen LogP contribution in [-0.2, 0) is 6.18 Å². The Morgan fingerprint density at radius 2 is 1.78 bits per heavy atom. The molecule has 0 saturated heterocycles. The third kappa shape index (κ3) is 1.73. The Bertz CT molecular complexity index is 470. The standard InChI is InChI=1S/C15H14F3/c1-9-11-2-3-12(8-11)14(9)10-4-6-13(7-5-10)15(16,17)18/h4-7,11-12H,1-3,8H2/q+1. The van der Waals surface area contributed by atoms with Gasteiger partial charge in [-0.1, -0.05) is 0 Å². The van der Waals surface area contributed by atoms with Crippen LogP contribution in [0.15, 0.2) is 36.4 Å². The first-order valence-electron chi connectivity index (χ1n) is 6.20. The van der Waals surface area contributed by atoms with E-state index < -0.39 is 11.7 Å². The number of rotatable bonds is 1. The Morgan fingerprint density at radius 1 is 1.11 bits per heavy atom. The third-order valence-corrected chi connectivity index (χ3v) is 4.20. The monoisotopic (exact) mass is 251 g/mol. The van der Waals surface area contributed by atoms with Crippen molar-refractivity contribution in [2.24, 2.45) is 11.8 Å². The van der Waals surface area contributed by atoms with Crippen LogP contribution in [0, 0.1) is 17.8 Å². The zero-order chi connectivity index (χ0) is 12.9. The molecule has 0 aromatic heterocycles. The Kier molecular flexibility index (Phi) is 2.47. The molecular formula is C15H14F3+. The van der Waals surface area contributed by atoms with Gasteiger partial charge in [0.15, 0.2) is 0 Å². The molecule has 2 aliphatic rings. The van der Waals surface area contributed by atoms with E-state index in [0.717, 1.165) is 24.0 Å². The number of hydrogen-bond donors (Lipinski definition) is 0. The lowest BCUT2D eigenvalue weighted by atomic mass is 9.80. The molecule has 2 unspecified atom stereocenters. The van der Waals surface area contributed by atoms with Crippen LogP contribution in [0.5, 0.6) is 0 Å². The van der Waals surface area contributed by atoms with E-state index in [0.29, 0.717) is 11.8 Å². The first kappa shape index (κ1) is 11.7. The lowest BCUT2D eigenvalue weighted by Crippen LogP contribution is -2.12. The molecule has 0 heterocycles. The summed E-state index contributed by atoms with van der Waals surface area (Å²) in [6, 6.07) is 5.51. The summed E-state index contributed by atoms with van der Waals surface area (Å²) in [5.74, 6) is 2.27. The molecule has 0 amide bonds. The van der Waals surface area contributed by atoms with Gasteiger partial charge in [-0.25, -0.2) is 0 Å². The molecule has 2 saturated carbocycles. The van der Waals surface area contributed by atoms with Crippen LogP contribution < -0.4 is 0 Å². The van der Waals surface area contributed by atoms with Gasteiger partial charge in [0, 0.05) is 29.5 Å². The first-order chi connectivity index (χ1) is 8.47. The van der Waals surface area contributed by atoms with E-state index in [2.05, 4.69) is 6.58 Å². The molecule has 2 aliphatic carbocycles. The van der Waals surface area contributed by atoms with Gasteiger partial charge in [-0.2, -0.15) is 13.2 Å². The van der Waals surface area contributed by atoms with E-state index in [-0.39, 0.29) is 0 Å². The minimum absolute atomic E-state index is 0.513. The maximum absolute atomic E-state index is 12.5. The SMILES string of the molecule is C=C1[C+](c2ccc(C(F)(F)F)cc2)C2CCC1C2. The summed E-state index contributed by atoms with van der Waals surface area (Å²) in [4.78, 5) is 0. The van der Waals surface area contributed by atoms with Crippen molar-refractivity contribution >= 4 is 0 Å². The van der Waals surface area contributed by atoms with Crippen LogP contribution in [-0.4, -0.2) is 0 Å². The Balaban J connectivity index is 1.88. The van der Waals surface area contributed by atoms with Gasteiger partial charge in [-0.15, -0.1) is 0 Å². The molecule has 1 aromatic carbocycles. The quantitative estimate of drug-likeness (QED) is 0.639. The fourth-order valence-electron chi connectivity index (χ4n) is 3.30. The fraction of sp³-hybridized carbons (Fsp3) is 0.400. The van der Waals surface area contributed by atoms with E-state index in [1.807, 2.05) is 0 Å². The minimum atomic E-state index is -4.26. The van der Waals surface area contributed by atoms with Crippen LogP contribution in [0.4, 0.5) is 13.2 Å². The molecule has 0 nitrogen and oxygen atoms in total. The van der Waals surface area contributed by atoms with Crippen LogP contribution in [0.2, 0.25) is 0 Å². The van der Waals surface area contributed by atoms with Crippen LogP contribution in [0.25, 0.3) is 0 Å². The van der Waals surface area contributed by atoms with Crippen molar-refractivity contribution in [1.29, 1.82) is 0 Å². The van der Waals surface area contributed by atoms with Gasteiger partial charge >= 0.3 is 6.18 Å². The smallest absolute Gasteiger partial charge is 0.166 e. The zero-order valence-electron chi connectivity index (χ0n) is 9.93. The topological polar surface area (TPSA) is 0 Å². The van der Waals surface area contributed by atoms with E-state index in [1.54, 1.807) is 12.1 Å². The average Bonchev–Trinajstić information content (AvgIpc) is 2.88. The number of fused-ring (bicyclic) bond motifs is 2. The minimum Gasteiger partial charge on any atom is -0.166 e. The summed E-state index contributed by atoms with van der Waals surface area (Å²) in [6.07, 6.45) is -0.780. The zero-order valence-corrected chi connectivity index (χ0v) is 9.93. The van der Waals surface area contributed by atoms with Crippen LogP contribution in [0.3, 0.4) is 0 Å². The van der Waals surface area contributed by atoms with Crippen molar-refractivity contribution < 1.29 is 13.2 Å². The normalized spacial score (nSPS) is 27.1. The summed E-state index contributed by atoms with van der Waals surface area (Å²) >= 11 is 0. The number of allylic oxidation sites excluding steroid dienone is 1. The second kappa shape index (κ2) is 3.81. The van der Waals surface area contributed by atoms with E-state index >= 15 is 0 Å². The van der Waals surface area contributed by atoms with Crippen molar-refractivity contribution in [2.45, 2.75) is 25.4 Å². The van der Waals surface area contributed by atoms with Gasteiger partial charge in [-0.05, 0) is 38.0 Å². The highest BCUT2D eigenvalue weighted by molar-refractivity contribution is 5.49. The number of alkyl halides is 3. The van der Waals surface area contributed by atoms with E-state index in [4.69, 9.17) is 0 Å². The van der Waals surface area contributed by atoms with Gasteiger partial charge in [0.2, 0.25) is 0 Å². The second-order valence-corrected chi connectivity index (χ2v) is 5.22. The molecule has 2 bridgehead atoms. The van der Waals surface area contributed by atoms with Gasteiger partial charge in [0.25, 0.3) is 0 Å². The van der Waals surface area contributed by atoms with Crippen molar-refractivity contribution in [3.05, 3.63) is 53.5 Å². The predicted molar refractivity (Wildman–Crippen MR) is 63.8 cm³/mol. The van der Waals surface area contributed by atoms with Gasteiger partial charge < -0.3 is 0 Å². The molecular weight excluding hydrogens is 237 g/mol. The molecule has 0 N–H and O–H groups in total. The summed E-state index contributed by atoms with van der Waals surface area (Å²) in [6.45, 7) is 4.11. The molecule has 0 radical (unpaired) electrons. The summed E-state index contributed by atoms with van der Waals surface area (Å²) in [5.41, 5.74) is 1.48. The van der Waals surface area contributed by atoms with E-state index in [9.17, 15) is 13.2 Å².